The average molecular weight is 315 g/mol. The van der Waals surface area contributed by atoms with Crippen molar-refractivity contribution in [3.63, 3.8) is 0 Å². The van der Waals surface area contributed by atoms with Crippen LogP contribution in [-0.2, 0) is 14.8 Å². The minimum atomic E-state index is -3.61. The van der Waals surface area contributed by atoms with Crippen LogP contribution in [0.15, 0.2) is 9.42 Å². The first-order valence-corrected chi connectivity index (χ1v) is 8.54. The van der Waals surface area contributed by atoms with Crippen LogP contribution < -0.4 is 0 Å². The lowest BCUT2D eigenvalue weighted by Crippen LogP contribution is -2.46. The van der Waals surface area contributed by atoms with Crippen LogP contribution in [0, 0.1) is 19.8 Å². The Bertz CT molecular complexity index is 608. The molecule has 8 heteroatoms. The van der Waals surface area contributed by atoms with Crippen LogP contribution in [0.3, 0.4) is 0 Å². The van der Waals surface area contributed by atoms with E-state index in [1.54, 1.807) is 18.2 Å². The van der Waals surface area contributed by atoms with Gasteiger partial charge in [0.15, 0.2) is 5.76 Å². The predicted molar refractivity (Wildman–Crippen MR) is 75.5 cm³/mol. The molecule has 0 unspecified atom stereocenters. The molecule has 7 nitrogen and oxygen atoms in total. The molecule has 1 aromatic rings. The lowest BCUT2D eigenvalue weighted by Gasteiger charge is -2.28. The number of nitrogens with zero attached hydrogens (tertiary/aromatic N) is 3. The Labute approximate surface area is 124 Å². The van der Waals surface area contributed by atoms with E-state index in [-0.39, 0.29) is 16.9 Å². The molecule has 0 radical (unpaired) electrons. The molecule has 0 spiro atoms. The third-order valence-corrected chi connectivity index (χ3v) is 6.30. The summed E-state index contributed by atoms with van der Waals surface area (Å²) in [5.74, 6) is 0.540. The van der Waals surface area contributed by atoms with E-state index >= 15 is 0 Å². The molecule has 2 aliphatic rings. The van der Waals surface area contributed by atoms with E-state index in [1.807, 2.05) is 7.05 Å². The number of aryl methyl sites for hydroxylation is 2. The molecule has 2 atom stereocenters. The summed E-state index contributed by atoms with van der Waals surface area (Å²) in [6.07, 6.45) is 0. The van der Waals surface area contributed by atoms with Crippen LogP contribution in [-0.4, -0.2) is 68.7 Å². The lowest BCUT2D eigenvalue weighted by molar-refractivity contribution is 0.0659. The summed E-state index contributed by atoms with van der Waals surface area (Å²) in [4.78, 5) is 2.39. The summed E-state index contributed by atoms with van der Waals surface area (Å²) in [6.45, 7) is 6.36. The fourth-order valence-electron chi connectivity index (χ4n) is 3.29. The second-order valence-electron chi connectivity index (χ2n) is 6.01. The highest BCUT2D eigenvalue weighted by Crippen LogP contribution is 2.29. The van der Waals surface area contributed by atoms with Gasteiger partial charge in [-0.05, 0) is 20.9 Å². The Hall–Kier alpha value is -0.960. The van der Waals surface area contributed by atoms with E-state index in [9.17, 15) is 8.42 Å². The Morgan fingerprint density at radius 3 is 2.62 bits per heavy atom. The van der Waals surface area contributed by atoms with Gasteiger partial charge < -0.3 is 14.2 Å². The number of likely N-dealkylation sites (N-methyl/N-ethyl adjacent to an activating group) is 1. The van der Waals surface area contributed by atoms with Gasteiger partial charge in [0.2, 0.25) is 10.0 Å². The summed E-state index contributed by atoms with van der Waals surface area (Å²) in [5.41, 5.74) is 0.417. The van der Waals surface area contributed by atoms with Gasteiger partial charge in [-0.2, -0.15) is 4.31 Å². The molecule has 0 aromatic carbocycles. The summed E-state index contributed by atoms with van der Waals surface area (Å²) in [6, 6.07) is -0.166. The van der Waals surface area contributed by atoms with Crippen molar-refractivity contribution < 1.29 is 17.7 Å². The zero-order valence-corrected chi connectivity index (χ0v) is 13.4. The first-order chi connectivity index (χ1) is 9.89. The van der Waals surface area contributed by atoms with Crippen LogP contribution in [0.4, 0.5) is 0 Å². The lowest BCUT2D eigenvalue weighted by atomic mass is 10.1. The van der Waals surface area contributed by atoms with Crippen molar-refractivity contribution in [3.05, 3.63) is 11.5 Å². The molecule has 0 amide bonds. The van der Waals surface area contributed by atoms with E-state index < -0.39 is 10.0 Å². The normalized spacial score (nSPS) is 28.5. The van der Waals surface area contributed by atoms with Crippen molar-refractivity contribution in [2.45, 2.75) is 24.8 Å². The van der Waals surface area contributed by atoms with Gasteiger partial charge in [0.25, 0.3) is 0 Å². The van der Waals surface area contributed by atoms with Crippen molar-refractivity contribution in [1.29, 1.82) is 0 Å². The number of rotatable bonds is 2. The van der Waals surface area contributed by atoms with Gasteiger partial charge in [-0.25, -0.2) is 8.42 Å². The molecule has 2 saturated heterocycles. The molecule has 118 valence electrons. The molecular weight excluding hydrogens is 294 g/mol. The van der Waals surface area contributed by atoms with Crippen molar-refractivity contribution in [1.82, 2.24) is 14.4 Å². The van der Waals surface area contributed by atoms with Gasteiger partial charge in [-0.15, -0.1) is 0 Å². The van der Waals surface area contributed by atoms with Gasteiger partial charge in [0.1, 0.15) is 10.6 Å². The minimum Gasteiger partial charge on any atom is -0.379 e. The fraction of sp³-hybridized carbons (Fsp3) is 0.769. The smallest absolute Gasteiger partial charge is 0.248 e. The fourth-order valence-corrected chi connectivity index (χ4v) is 5.27. The van der Waals surface area contributed by atoms with Gasteiger partial charge in [-0.1, -0.05) is 5.16 Å². The highest BCUT2D eigenvalue weighted by Gasteiger charge is 2.41. The molecule has 0 aliphatic carbocycles. The van der Waals surface area contributed by atoms with Crippen LogP contribution in [0.1, 0.15) is 11.5 Å². The van der Waals surface area contributed by atoms with E-state index in [4.69, 9.17) is 9.26 Å². The molecule has 2 fully saturated rings. The minimum absolute atomic E-state index is 0.166. The first-order valence-electron chi connectivity index (χ1n) is 7.10. The number of sulfonamides is 1. The Morgan fingerprint density at radius 2 is 1.95 bits per heavy atom. The zero-order valence-electron chi connectivity index (χ0n) is 12.6. The summed E-state index contributed by atoms with van der Waals surface area (Å²) in [5, 5.41) is 3.78. The number of fused-ring (bicyclic) bond motifs is 3. The Morgan fingerprint density at radius 1 is 1.19 bits per heavy atom. The van der Waals surface area contributed by atoms with Crippen LogP contribution in [0.25, 0.3) is 0 Å². The van der Waals surface area contributed by atoms with Crippen molar-refractivity contribution in [3.8, 4) is 0 Å². The van der Waals surface area contributed by atoms with Gasteiger partial charge in [0.05, 0.1) is 19.3 Å². The van der Waals surface area contributed by atoms with Gasteiger partial charge in [-0.3, -0.25) is 0 Å². The molecule has 21 heavy (non-hydrogen) atoms. The SMILES string of the molecule is Cc1noc(C)c1S(=O)(=O)N1C[C@H]2COC[C@@H]1CN(C)C2. The van der Waals surface area contributed by atoms with E-state index in [0.29, 0.717) is 37.8 Å². The Kier molecular flexibility index (Phi) is 3.81. The standard InChI is InChI=1S/C13H21N3O4S/c1-9-13(10(2)20-14-9)21(17,18)16-5-11-4-15(3)6-12(16)8-19-7-11/h11-12H,4-8H2,1-3H3/t11-,12-/m0/s1. The monoisotopic (exact) mass is 315 g/mol. The maximum Gasteiger partial charge on any atom is 0.248 e. The summed E-state index contributed by atoms with van der Waals surface area (Å²) >= 11 is 0. The molecule has 3 rings (SSSR count). The third-order valence-electron chi connectivity index (χ3n) is 4.14. The quantitative estimate of drug-likeness (QED) is 0.778. The number of aromatic nitrogens is 1. The molecule has 2 bridgehead atoms. The predicted octanol–water partition coefficient (Wildman–Crippen LogP) is 0.243. The summed E-state index contributed by atoms with van der Waals surface area (Å²) in [7, 11) is -1.59. The molecule has 1 aromatic heterocycles. The topological polar surface area (TPSA) is 75.9 Å². The highest BCUT2D eigenvalue weighted by molar-refractivity contribution is 7.89. The van der Waals surface area contributed by atoms with Gasteiger partial charge in [0, 0.05) is 25.6 Å². The second-order valence-corrected chi connectivity index (χ2v) is 7.83. The molecule has 0 saturated carbocycles. The average Bonchev–Trinajstić information content (AvgIpc) is 2.57. The van der Waals surface area contributed by atoms with E-state index in [1.165, 1.54) is 0 Å². The second kappa shape index (κ2) is 5.35. The third kappa shape index (κ3) is 2.61. The maximum atomic E-state index is 13.0. The Balaban J connectivity index is 2.02. The highest BCUT2D eigenvalue weighted by atomic mass is 32.2. The largest absolute Gasteiger partial charge is 0.379 e. The first kappa shape index (κ1) is 15.0. The molecular formula is C13H21N3O4S. The van der Waals surface area contributed by atoms with Crippen LogP contribution >= 0.6 is 0 Å². The maximum absolute atomic E-state index is 13.0. The molecule has 3 heterocycles. The van der Waals surface area contributed by atoms with Crippen molar-refractivity contribution >= 4 is 10.0 Å². The van der Waals surface area contributed by atoms with Crippen molar-refractivity contribution in [2.75, 3.05) is 39.9 Å². The van der Waals surface area contributed by atoms with Crippen molar-refractivity contribution in [2.24, 2.45) is 5.92 Å². The number of ether oxygens (including phenoxy) is 1. The van der Waals surface area contributed by atoms with Gasteiger partial charge >= 0.3 is 0 Å². The van der Waals surface area contributed by atoms with E-state index in [2.05, 4.69) is 10.1 Å². The number of hydrogen-bond donors (Lipinski definition) is 0. The molecule has 0 N–H and O–H groups in total. The summed E-state index contributed by atoms with van der Waals surface area (Å²) < 4.78 is 38.4. The zero-order chi connectivity index (χ0) is 15.2. The van der Waals surface area contributed by atoms with Crippen LogP contribution in [0.5, 0.6) is 0 Å². The number of hydrogen-bond acceptors (Lipinski definition) is 6. The van der Waals surface area contributed by atoms with E-state index in [0.717, 1.165) is 6.54 Å². The van der Waals surface area contributed by atoms with Crippen LogP contribution in [0.2, 0.25) is 0 Å². The molecule has 2 aliphatic heterocycles.